The summed E-state index contributed by atoms with van der Waals surface area (Å²) >= 11 is 0. The van der Waals surface area contributed by atoms with Crippen molar-refractivity contribution < 1.29 is 67.9 Å². The molecule has 11 atom stereocenters. The van der Waals surface area contributed by atoms with Crippen molar-refractivity contribution in [1.29, 1.82) is 0 Å². The Labute approximate surface area is 280 Å². The number of aliphatic hydroxyl groups is 4. The second-order valence-corrected chi connectivity index (χ2v) is 11.9. The van der Waals surface area contributed by atoms with Crippen LogP contribution in [0, 0.1) is 0 Å². The van der Waals surface area contributed by atoms with Crippen molar-refractivity contribution >= 4 is 12.1 Å². The first-order valence-corrected chi connectivity index (χ1v) is 16.4. The third-order valence-corrected chi connectivity index (χ3v) is 8.45. The fourth-order valence-corrected chi connectivity index (χ4v) is 5.84. The maximum atomic E-state index is 12.9. The molecule has 1 aromatic rings. The summed E-state index contributed by atoms with van der Waals surface area (Å²) in [6, 6.07) is 8.10. The quantitative estimate of drug-likeness (QED) is 0.0891. The Balaban J connectivity index is 1.50. The third kappa shape index (κ3) is 10.4. The zero-order valence-electron chi connectivity index (χ0n) is 27.2. The molecule has 3 fully saturated rings. The van der Waals surface area contributed by atoms with E-state index in [0.717, 1.165) is 37.7 Å². The summed E-state index contributed by atoms with van der Waals surface area (Å²) in [6.45, 7) is 3.17. The van der Waals surface area contributed by atoms with E-state index in [0.29, 0.717) is 12.8 Å². The van der Waals surface area contributed by atoms with E-state index >= 15 is 0 Å². The van der Waals surface area contributed by atoms with E-state index in [-0.39, 0.29) is 25.8 Å². The minimum absolute atomic E-state index is 0.0673. The van der Waals surface area contributed by atoms with Gasteiger partial charge in [-0.25, -0.2) is 4.79 Å². The zero-order valence-corrected chi connectivity index (χ0v) is 27.2. The van der Waals surface area contributed by atoms with E-state index in [1.54, 1.807) is 0 Å². The first-order valence-electron chi connectivity index (χ1n) is 16.4. The molecule has 0 saturated carbocycles. The first-order chi connectivity index (χ1) is 23.3. The number of fused-ring (bicyclic) bond motifs is 1. The van der Waals surface area contributed by atoms with E-state index in [1.165, 1.54) is 13.2 Å². The van der Waals surface area contributed by atoms with Crippen LogP contribution >= 0.6 is 0 Å². The van der Waals surface area contributed by atoms with Crippen LogP contribution in [0.5, 0.6) is 0 Å². The van der Waals surface area contributed by atoms with E-state index in [2.05, 4.69) is 16.6 Å². The molecule has 1 aromatic carbocycles. The molecule has 4 rings (SSSR count). The van der Waals surface area contributed by atoms with Crippen LogP contribution in [0.4, 0.5) is 4.79 Å². The summed E-state index contributed by atoms with van der Waals surface area (Å²) < 4.78 is 46.6. The van der Waals surface area contributed by atoms with Gasteiger partial charge in [-0.15, -0.1) is 0 Å². The number of esters is 1. The van der Waals surface area contributed by atoms with Crippen LogP contribution in [0.1, 0.15) is 56.8 Å². The number of aliphatic hydroxyl groups excluding tert-OH is 4. The molecule has 3 saturated heterocycles. The second kappa shape index (κ2) is 19.5. The molecule has 7 unspecified atom stereocenters. The number of amides is 1. The predicted octanol–water partition coefficient (Wildman–Crippen LogP) is 1.21. The normalized spacial score (nSPS) is 33.3. The van der Waals surface area contributed by atoms with Crippen molar-refractivity contribution in [2.75, 3.05) is 33.5 Å². The van der Waals surface area contributed by atoms with Crippen molar-refractivity contribution in [3.05, 3.63) is 48.6 Å². The summed E-state index contributed by atoms with van der Waals surface area (Å²) in [6.07, 6.45) is -6.40. The Morgan fingerprint density at radius 1 is 0.958 bits per heavy atom. The molecule has 0 radical (unpaired) electrons. The molecule has 0 spiro atoms. The lowest BCUT2D eigenvalue weighted by molar-refractivity contribution is -0.378. The maximum Gasteiger partial charge on any atom is 0.407 e. The number of nitrogens with one attached hydrogen (secondary N) is 1. The zero-order chi connectivity index (χ0) is 34.5. The topological polar surface area (TPSA) is 201 Å². The van der Waals surface area contributed by atoms with Gasteiger partial charge in [-0.3, -0.25) is 4.79 Å². The Kier molecular flexibility index (Phi) is 15.5. The minimum Gasteiger partial charge on any atom is -0.469 e. The number of benzene rings is 1. The van der Waals surface area contributed by atoms with Gasteiger partial charge in [-0.2, -0.15) is 0 Å². The predicted molar refractivity (Wildman–Crippen MR) is 166 cm³/mol. The van der Waals surface area contributed by atoms with Crippen LogP contribution in [0.2, 0.25) is 0 Å². The molecule has 0 aliphatic carbocycles. The lowest BCUT2D eigenvalue weighted by atomic mass is 9.94. The number of hydrogen-bond acceptors (Lipinski definition) is 14. The molecule has 48 heavy (non-hydrogen) atoms. The molecule has 15 heteroatoms. The van der Waals surface area contributed by atoms with E-state index in [4.69, 9.17) is 33.2 Å². The van der Waals surface area contributed by atoms with Gasteiger partial charge in [0.25, 0.3) is 0 Å². The molecule has 3 aliphatic heterocycles. The number of ether oxygens (including phenoxy) is 8. The Hall–Kier alpha value is -2.70. The lowest BCUT2D eigenvalue weighted by Gasteiger charge is -2.50. The van der Waals surface area contributed by atoms with Gasteiger partial charge in [0, 0.05) is 18.6 Å². The molecule has 15 nitrogen and oxygen atoms in total. The van der Waals surface area contributed by atoms with Crippen molar-refractivity contribution in [1.82, 2.24) is 5.32 Å². The second-order valence-electron chi connectivity index (χ2n) is 11.9. The highest BCUT2D eigenvalue weighted by molar-refractivity contribution is 5.69. The molecule has 3 aliphatic rings. The number of carbonyl (C=O) groups is 2. The molecule has 1 amide bonds. The summed E-state index contributed by atoms with van der Waals surface area (Å²) in [5, 5.41) is 44.1. The van der Waals surface area contributed by atoms with E-state index in [1.807, 2.05) is 30.3 Å². The molecular weight excluding hydrogens is 634 g/mol. The van der Waals surface area contributed by atoms with Gasteiger partial charge in [0.2, 0.25) is 0 Å². The molecule has 5 N–H and O–H groups in total. The van der Waals surface area contributed by atoms with Gasteiger partial charge in [0.1, 0.15) is 55.4 Å². The Bertz CT molecular complexity index is 1120. The number of methoxy groups -OCH3 is 1. The Morgan fingerprint density at radius 3 is 2.40 bits per heavy atom. The lowest BCUT2D eigenvalue weighted by Crippen LogP contribution is -2.69. The van der Waals surface area contributed by atoms with Gasteiger partial charge in [-0.05, 0) is 12.8 Å². The van der Waals surface area contributed by atoms with Crippen LogP contribution in [0.3, 0.4) is 0 Å². The fraction of sp³-hybridized carbons (Fsp3) is 0.697. The highest BCUT2D eigenvalue weighted by atomic mass is 16.8. The minimum atomic E-state index is -1.71. The maximum absolute atomic E-state index is 12.9. The van der Waals surface area contributed by atoms with Crippen LogP contribution in [-0.2, 0) is 42.7 Å². The average molecular weight is 684 g/mol. The molecule has 3 heterocycles. The van der Waals surface area contributed by atoms with Gasteiger partial charge in [-0.1, -0.05) is 68.7 Å². The summed E-state index contributed by atoms with van der Waals surface area (Å²) in [5.41, 5.74) is 0.723. The first kappa shape index (κ1) is 38.1. The van der Waals surface area contributed by atoms with Crippen LogP contribution in [0.25, 0.3) is 0 Å². The molecule has 0 aromatic heterocycles. The van der Waals surface area contributed by atoms with Crippen LogP contribution in [0.15, 0.2) is 43.0 Å². The van der Waals surface area contributed by atoms with Gasteiger partial charge < -0.3 is 63.6 Å². The van der Waals surface area contributed by atoms with E-state index in [9.17, 15) is 30.0 Å². The van der Waals surface area contributed by atoms with Crippen molar-refractivity contribution in [3.8, 4) is 0 Å². The van der Waals surface area contributed by atoms with Crippen LogP contribution in [-0.4, -0.2) is 127 Å². The summed E-state index contributed by atoms with van der Waals surface area (Å²) in [4.78, 5) is 24.2. The standard InChI is InChI=1S/C33H49NO14/c1-3-16-43-33(40)34-24-29(48-32-27(39)26(38)25(37)21(18-35)45-32)28-22(19-44-30(47-28)20-13-9-8-10-14-20)46-31(24)42-17-12-7-5-4-6-11-15-23(36)41-2/h3,8-10,13-14,21-22,24-32,35,37-39H,1,4-7,11-12,15-19H2,2H3,(H,34,40)/t21?,22?,24?,25-,26?,27?,28-,29?,30?,31+,32-/m0/s1. The number of carbonyl (C=O) groups excluding carboxylic acids is 2. The largest absolute Gasteiger partial charge is 0.469 e. The number of unbranched alkanes of at least 4 members (excludes halogenated alkanes) is 5. The number of alkyl carbamates (subject to hydrolysis) is 1. The smallest absolute Gasteiger partial charge is 0.407 e. The number of rotatable bonds is 17. The SMILES string of the molecule is C=CCOC(=O)NC1C(O[C@@H]2OC(CO)[C@H](O)C(O)C2O)[C@H]2OC(c3ccccc3)OCC2O[C@H]1OCCCCCCCCC(=O)OC. The Morgan fingerprint density at radius 2 is 1.69 bits per heavy atom. The van der Waals surface area contributed by atoms with Crippen LogP contribution < -0.4 is 5.32 Å². The summed E-state index contributed by atoms with van der Waals surface area (Å²) in [5.74, 6) is -0.215. The fourth-order valence-electron chi connectivity index (χ4n) is 5.84. The van der Waals surface area contributed by atoms with Crippen molar-refractivity contribution in [2.45, 2.75) is 113 Å². The molecular formula is C33H49NO14. The van der Waals surface area contributed by atoms with Gasteiger partial charge in [0.05, 0.1) is 20.3 Å². The highest BCUT2D eigenvalue weighted by Gasteiger charge is 2.54. The third-order valence-electron chi connectivity index (χ3n) is 8.45. The monoisotopic (exact) mass is 683 g/mol. The van der Waals surface area contributed by atoms with Gasteiger partial charge in [0.15, 0.2) is 18.9 Å². The average Bonchev–Trinajstić information content (AvgIpc) is 3.11. The van der Waals surface area contributed by atoms with Crippen molar-refractivity contribution in [3.63, 3.8) is 0 Å². The summed E-state index contributed by atoms with van der Waals surface area (Å²) in [7, 11) is 1.38. The van der Waals surface area contributed by atoms with E-state index < -0.39 is 80.3 Å². The van der Waals surface area contributed by atoms with Crippen molar-refractivity contribution in [2.24, 2.45) is 0 Å². The highest BCUT2D eigenvalue weighted by Crippen LogP contribution is 2.37. The number of hydrogen-bond donors (Lipinski definition) is 5. The molecule has 270 valence electrons. The van der Waals surface area contributed by atoms with Gasteiger partial charge >= 0.3 is 12.1 Å². The molecule has 0 bridgehead atoms.